The van der Waals surface area contributed by atoms with Gasteiger partial charge in [-0.2, -0.15) is 0 Å². The van der Waals surface area contributed by atoms with Crippen molar-refractivity contribution in [3.63, 3.8) is 0 Å². The first kappa shape index (κ1) is 9.72. The predicted molar refractivity (Wildman–Crippen MR) is 60.4 cm³/mol. The van der Waals surface area contributed by atoms with Crippen LogP contribution in [0.1, 0.15) is 43.2 Å². The largest absolute Gasteiger partial charge is 0.327 e. The standard InChI is InChI=1S/C13H19N/c1-10(14)12-8-4-2-6-11-7-3-5-9-13(11)12/h3,5,7,9-10,12H,2,4,6,8,14H2,1H3. The summed E-state index contributed by atoms with van der Waals surface area (Å²) >= 11 is 0. The molecule has 76 valence electrons. The minimum atomic E-state index is 0.286. The van der Waals surface area contributed by atoms with E-state index < -0.39 is 0 Å². The summed E-state index contributed by atoms with van der Waals surface area (Å²) in [7, 11) is 0. The second-order valence-electron chi connectivity index (χ2n) is 4.41. The molecule has 0 amide bonds. The van der Waals surface area contributed by atoms with Crippen molar-refractivity contribution in [2.45, 2.75) is 44.6 Å². The van der Waals surface area contributed by atoms with Crippen molar-refractivity contribution in [2.24, 2.45) is 5.73 Å². The summed E-state index contributed by atoms with van der Waals surface area (Å²) < 4.78 is 0. The summed E-state index contributed by atoms with van der Waals surface area (Å²) in [4.78, 5) is 0. The van der Waals surface area contributed by atoms with Crippen LogP contribution in [-0.2, 0) is 6.42 Å². The van der Waals surface area contributed by atoms with E-state index in [-0.39, 0.29) is 6.04 Å². The molecular formula is C13H19N. The van der Waals surface area contributed by atoms with E-state index in [0.717, 1.165) is 0 Å². The van der Waals surface area contributed by atoms with Gasteiger partial charge in [0, 0.05) is 6.04 Å². The zero-order valence-electron chi connectivity index (χ0n) is 8.87. The second-order valence-corrected chi connectivity index (χ2v) is 4.41. The number of hydrogen-bond donors (Lipinski definition) is 1. The van der Waals surface area contributed by atoms with Gasteiger partial charge >= 0.3 is 0 Å². The SMILES string of the molecule is CC(N)C1CCCCc2ccccc21. The second kappa shape index (κ2) is 4.14. The minimum Gasteiger partial charge on any atom is -0.327 e. The lowest BCUT2D eigenvalue weighted by Gasteiger charge is -2.21. The molecule has 0 radical (unpaired) electrons. The first-order valence-corrected chi connectivity index (χ1v) is 5.62. The number of nitrogens with two attached hydrogens (primary N) is 1. The van der Waals surface area contributed by atoms with Gasteiger partial charge in [-0.3, -0.25) is 0 Å². The van der Waals surface area contributed by atoms with E-state index in [1.165, 1.54) is 36.8 Å². The molecule has 1 aliphatic rings. The summed E-state index contributed by atoms with van der Waals surface area (Å²) in [5.74, 6) is 0.577. The lowest BCUT2D eigenvalue weighted by molar-refractivity contribution is 0.517. The summed E-state index contributed by atoms with van der Waals surface area (Å²) in [5, 5.41) is 0. The summed E-state index contributed by atoms with van der Waals surface area (Å²) in [6.07, 6.45) is 5.13. The zero-order chi connectivity index (χ0) is 9.97. The number of rotatable bonds is 1. The van der Waals surface area contributed by atoms with Crippen LogP contribution in [0.15, 0.2) is 24.3 Å². The molecule has 0 fully saturated rings. The van der Waals surface area contributed by atoms with Crippen LogP contribution in [0, 0.1) is 0 Å². The summed E-state index contributed by atoms with van der Waals surface area (Å²) in [6.45, 7) is 2.13. The van der Waals surface area contributed by atoms with Crippen LogP contribution in [0.5, 0.6) is 0 Å². The fourth-order valence-electron chi connectivity index (χ4n) is 2.50. The van der Waals surface area contributed by atoms with Crippen molar-refractivity contribution >= 4 is 0 Å². The van der Waals surface area contributed by atoms with E-state index in [4.69, 9.17) is 5.73 Å². The molecule has 2 atom stereocenters. The maximum absolute atomic E-state index is 6.05. The average Bonchev–Trinajstić information content (AvgIpc) is 2.39. The van der Waals surface area contributed by atoms with E-state index in [9.17, 15) is 0 Å². The summed E-state index contributed by atoms with van der Waals surface area (Å²) in [6, 6.07) is 9.08. The topological polar surface area (TPSA) is 26.0 Å². The Bertz CT molecular complexity index is 304. The third-order valence-electron chi connectivity index (χ3n) is 3.30. The molecule has 1 aliphatic carbocycles. The zero-order valence-corrected chi connectivity index (χ0v) is 8.87. The van der Waals surface area contributed by atoms with Gasteiger partial charge in [0.1, 0.15) is 0 Å². The quantitative estimate of drug-likeness (QED) is 0.675. The van der Waals surface area contributed by atoms with Crippen molar-refractivity contribution < 1.29 is 0 Å². The van der Waals surface area contributed by atoms with Crippen molar-refractivity contribution in [3.8, 4) is 0 Å². The highest BCUT2D eigenvalue weighted by Gasteiger charge is 2.20. The van der Waals surface area contributed by atoms with Crippen LogP contribution in [0.3, 0.4) is 0 Å². The first-order chi connectivity index (χ1) is 6.79. The van der Waals surface area contributed by atoms with Gasteiger partial charge in [0.25, 0.3) is 0 Å². The van der Waals surface area contributed by atoms with Gasteiger partial charge < -0.3 is 5.73 Å². The molecule has 0 saturated carbocycles. The molecule has 2 N–H and O–H groups in total. The number of aryl methyl sites for hydroxylation is 1. The average molecular weight is 189 g/mol. The van der Waals surface area contributed by atoms with Crippen LogP contribution in [0.4, 0.5) is 0 Å². The third kappa shape index (κ3) is 1.83. The molecular weight excluding hydrogens is 170 g/mol. The molecule has 2 rings (SSSR count). The molecule has 1 aromatic rings. The monoisotopic (exact) mass is 189 g/mol. The number of hydrogen-bond acceptors (Lipinski definition) is 1. The molecule has 0 bridgehead atoms. The van der Waals surface area contributed by atoms with Crippen molar-refractivity contribution in [2.75, 3.05) is 0 Å². The predicted octanol–water partition coefficient (Wildman–Crippen LogP) is 2.84. The van der Waals surface area contributed by atoms with Gasteiger partial charge in [0.05, 0.1) is 0 Å². The fourth-order valence-corrected chi connectivity index (χ4v) is 2.50. The van der Waals surface area contributed by atoms with E-state index in [2.05, 4.69) is 31.2 Å². The Hall–Kier alpha value is -0.820. The van der Waals surface area contributed by atoms with Gasteiger partial charge in [-0.1, -0.05) is 30.7 Å². The molecule has 1 aromatic carbocycles. The van der Waals surface area contributed by atoms with Gasteiger partial charge in [0.2, 0.25) is 0 Å². The highest BCUT2D eigenvalue weighted by Crippen LogP contribution is 2.31. The number of benzene rings is 1. The highest BCUT2D eigenvalue weighted by atomic mass is 14.6. The Morgan fingerprint density at radius 3 is 2.86 bits per heavy atom. The Balaban J connectivity index is 2.37. The molecule has 1 nitrogen and oxygen atoms in total. The summed E-state index contributed by atoms with van der Waals surface area (Å²) in [5.41, 5.74) is 9.07. The van der Waals surface area contributed by atoms with Crippen LogP contribution in [0.25, 0.3) is 0 Å². The molecule has 0 saturated heterocycles. The van der Waals surface area contributed by atoms with Crippen LogP contribution in [-0.4, -0.2) is 6.04 Å². The molecule has 0 heterocycles. The van der Waals surface area contributed by atoms with Crippen LogP contribution in [0.2, 0.25) is 0 Å². The minimum absolute atomic E-state index is 0.286. The molecule has 0 aliphatic heterocycles. The highest BCUT2D eigenvalue weighted by molar-refractivity contribution is 5.32. The van der Waals surface area contributed by atoms with Crippen molar-refractivity contribution in [3.05, 3.63) is 35.4 Å². The molecule has 2 unspecified atom stereocenters. The van der Waals surface area contributed by atoms with E-state index >= 15 is 0 Å². The third-order valence-corrected chi connectivity index (χ3v) is 3.30. The van der Waals surface area contributed by atoms with Crippen LogP contribution < -0.4 is 5.73 Å². The Morgan fingerprint density at radius 2 is 2.07 bits per heavy atom. The van der Waals surface area contributed by atoms with Gasteiger partial charge in [-0.15, -0.1) is 0 Å². The molecule has 0 aromatic heterocycles. The Labute approximate surface area is 86.3 Å². The van der Waals surface area contributed by atoms with E-state index in [0.29, 0.717) is 5.92 Å². The molecule has 0 spiro atoms. The van der Waals surface area contributed by atoms with Crippen molar-refractivity contribution in [1.29, 1.82) is 0 Å². The van der Waals surface area contributed by atoms with Gasteiger partial charge in [-0.25, -0.2) is 0 Å². The normalized spacial score (nSPS) is 23.7. The lowest BCUT2D eigenvalue weighted by Crippen LogP contribution is -2.24. The van der Waals surface area contributed by atoms with Crippen LogP contribution >= 0.6 is 0 Å². The fraction of sp³-hybridized carbons (Fsp3) is 0.538. The maximum atomic E-state index is 6.05. The van der Waals surface area contributed by atoms with E-state index in [1.807, 2.05) is 0 Å². The molecule has 14 heavy (non-hydrogen) atoms. The van der Waals surface area contributed by atoms with Gasteiger partial charge in [0.15, 0.2) is 0 Å². The first-order valence-electron chi connectivity index (χ1n) is 5.62. The van der Waals surface area contributed by atoms with E-state index in [1.54, 1.807) is 0 Å². The number of fused-ring (bicyclic) bond motifs is 1. The van der Waals surface area contributed by atoms with Crippen molar-refractivity contribution in [1.82, 2.24) is 0 Å². The molecule has 1 heteroatoms. The Kier molecular flexibility index (Phi) is 2.87. The Morgan fingerprint density at radius 1 is 1.29 bits per heavy atom. The lowest BCUT2D eigenvalue weighted by atomic mass is 9.88. The maximum Gasteiger partial charge on any atom is 0.00794 e. The van der Waals surface area contributed by atoms with Gasteiger partial charge in [-0.05, 0) is 43.2 Å². The smallest absolute Gasteiger partial charge is 0.00794 e.